The molecule has 1 aromatic carbocycles. The highest BCUT2D eigenvalue weighted by atomic mass is 16.5. The molecule has 8 nitrogen and oxygen atoms in total. The van der Waals surface area contributed by atoms with Gasteiger partial charge in [-0.25, -0.2) is 0 Å². The zero-order chi connectivity index (χ0) is 22.9. The zero-order valence-electron chi connectivity index (χ0n) is 19.2. The fraction of sp³-hybridized carbons (Fsp3) is 0.625. The smallest absolute Gasteiger partial charge is 0.320 e. The van der Waals surface area contributed by atoms with Crippen molar-refractivity contribution < 1.29 is 19.1 Å². The summed E-state index contributed by atoms with van der Waals surface area (Å²) in [5.41, 5.74) is 1.71. The van der Waals surface area contributed by atoms with Gasteiger partial charge in [-0.3, -0.25) is 19.4 Å². The minimum absolute atomic E-state index is 0.191. The van der Waals surface area contributed by atoms with Gasteiger partial charge >= 0.3 is 11.9 Å². The molecule has 2 atom stereocenters. The number of nitriles is 1. The predicted molar refractivity (Wildman–Crippen MR) is 121 cm³/mol. The van der Waals surface area contributed by atoms with Crippen LogP contribution in [0.15, 0.2) is 24.3 Å². The largest absolute Gasteiger partial charge is 0.469 e. The van der Waals surface area contributed by atoms with Crippen molar-refractivity contribution in [1.82, 2.24) is 9.80 Å². The third kappa shape index (κ3) is 6.21. The minimum atomic E-state index is -0.192. The van der Waals surface area contributed by atoms with E-state index in [2.05, 4.69) is 20.8 Å². The summed E-state index contributed by atoms with van der Waals surface area (Å²) in [5, 5.41) is 9.42. The highest BCUT2D eigenvalue weighted by molar-refractivity contribution is 5.71. The zero-order valence-corrected chi connectivity index (χ0v) is 19.2. The van der Waals surface area contributed by atoms with Gasteiger partial charge in [-0.2, -0.15) is 5.26 Å². The Labute approximate surface area is 190 Å². The van der Waals surface area contributed by atoms with E-state index in [0.29, 0.717) is 31.2 Å². The lowest BCUT2D eigenvalue weighted by molar-refractivity contribution is -0.146. The normalized spacial score (nSPS) is 22.2. The van der Waals surface area contributed by atoms with Crippen LogP contribution in [0.25, 0.3) is 0 Å². The summed E-state index contributed by atoms with van der Waals surface area (Å²) >= 11 is 0. The fourth-order valence-electron chi connectivity index (χ4n) is 4.94. The molecule has 0 saturated carbocycles. The highest BCUT2D eigenvalue weighted by Gasteiger charge is 2.35. The molecule has 0 spiro atoms. The molecule has 2 heterocycles. The SMILES string of the molecule is CCOC(=O)CN1CCC(N2CCN(c3ccccc3C#N)CC2)C(CCC(=O)OC)C1. The Morgan fingerprint density at radius 3 is 2.56 bits per heavy atom. The van der Waals surface area contributed by atoms with Gasteiger partial charge in [-0.15, -0.1) is 0 Å². The number of anilines is 1. The first-order chi connectivity index (χ1) is 15.5. The summed E-state index contributed by atoms with van der Waals surface area (Å²) in [4.78, 5) is 30.7. The van der Waals surface area contributed by atoms with E-state index in [4.69, 9.17) is 9.47 Å². The Morgan fingerprint density at radius 1 is 1.12 bits per heavy atom. The lowest BCUT2D eigenvalue weighted by atomic mass is 9.86. The second-order valence-electron chi connectivity index (χ2n) is 8.42. The number of carbonyl (C=O) groups excluding carboxylic acids is 2. The number of ether oxygens (including phenoxy) is 2. The molecule has 32 heavy (non-hydrogen) atoms. The highest BCUT2D eigenvalue weighted by Crippen LogP contribution is 2.29. The number of hydrogen-bond acceptors (Lipinski definition) is 8. The first-order valence-corrected chi connectivity index (χ1v) is 11.5. The Morgan fingerprint density at radius 2 is 1.88 bits per heavy atom. The molecule has 1 aromatic rings. The van der Waals surface area contributed by atoms with Gasteiger partial charge < -0.3 is 14.4 Å². The molecule has 2 unspecified atom stereocenters. The van der Waals surface area contributed by atoms with Gasteiger partial charge in [0, 0.05) is 51.7 Å². The van der Waals surface area contributed by atoms with Crippen LogP contribution in [0.3, 0.4) is 0 Å². The number of rotatable bonds is 8. The number of likely N-dealkylation sites (tertiary alicyclic amines) is 1. The summed E-state index contributed by atoms with van der Waals surface area (Å²) in [5.74, 6) is -0.0955. The Hall–Kier alpha value is -2.63. The van der Waals surface area contributed by atoms with Crippen LogP contribution in [0.1, 0.15) is 31.7 Å². The Balaban J connectivity index is 1.62. The van der Waals surface area contributed by atoms with Gasteiger partial charge in [0.2, 0.25) is 0 Å². The van der Waals surface area contributed by atoms with Gasteiger partial charge in [0.25, 0.3) is 0 Å². The maximum atomic E-state index is 12.0. The number of benzene rings is 1. The van der Waals surface area contributed by atoms with Crippen molar-refractivity contribution in [3.05, 3.63) is 29.8 Å². The summed E-state index contributed by atoms with van der Waals surface area (Å²) in [6.45, 7) is 7.69. The quantitative estimate of drug-likeness (QED) is 0.564. The van der Waals surface area contributed by atoms with E-state index in [9.17, 15) is 14.9 Å². The third-order valence-electron chi connectivity index (χ3n) is 6.53. The molecule has 0 N–H and O–H groups in total. The van der Waals surface area contributed by atoms with E-state index in [1.54, 1.807) is 0 Å². The molecule has 174 valence electrons. The molecule has 3 rings (SSSR count). The van der Waals surface area contributed by atoms with Gasteiger partial charge in [-0.1, -0.05) is 12.1 Å². The second kappa shape index (κ2) is 11.8. The van der Waals surface area contributed by atoms with Crippen LogP contribution in [0, 0.1) is 17.2 Å². The van der Waals surface area contributed by atoms with Crippen LogP contribution in [-0.4, -0.2) is 87.3 Å². The molecule has 0 bridgehead atoms. The van der Waals surface area contributed by atoms with Crippen LogP contribution in [0.4, 0.5) is 5.69 Å². The average molecular weight is 443 g/mol. The van der Waals surface area contributed by atoms with Crippen LogP contribution in [-0.2, 0) is 19.1 Å². The number of esters is 2. The van der Waals surface area contributed by atoms with Crippen molar-refractivity contribution >= 4 is 17.6 Å². The number of piperidine rings is 1. The first kappa shape index (κ1) is 24.0. The number of methoxy groups -OCH3 is 1. The molecule has 2 saturated heterocycles. The van der Waals surface area contributed by atoms with Crippen LogP contribution >= 0.6 is 0 Å². The maximum Gasteiger partial charge on any atom is 0.320 e. The topological polar surface area (TPSA) is 86.1 Å². The lowest BCUT2D eigenvalue weighted by Crippen LogP contribution is -2.57. The molecule has 2 aliphatic heterocycles. The summed E-state index contributed by atoms with van der Waals surface area (Å²) in [7, 11) is 1.42. The molecule has 0 amide bonds. The average Bonchev–Trinajstić information content (AvgIpc) is 2.83. The molecular formula is C24H34N4O4. The van der Waals surface area contributed by atoms with E-state index >= 15 is 0 Å². The van der Waals surface area contributed by atoms with E-state index < -0.39 is 0 Å². The monoisotopic (exact) mass is 442 g/mol. The summed E-state index contributed by atoms with van der Waals surface area (Å²) in [6.07, 6.45) is 2.09. The molecule has 8 heteroatoms. The number of hydrogen-bond donors (Lipinski definition) is 0. The van der Waals surface area contributed by atoms with Gasteiger partial charge in [-0.05, 0) is 37.8 Å². The van der Waals surface area contributed by atoms with Crippen molar-refractivity contribution in [3.8, 4) is 6.07 Å². The van der Waals surface area contributed by atoms with Gasteiger partial charge in [0.1, 0.15) is 6.07 Å². The van der Waals surface area contributed by atoms with Crippen molar-refractivity contribution in [2.45, 2.75) is 32.2 Å². The molecular weight excluding hydrogens is 408 g/mol. The number of piperazine rings is 1. The second-order valence-corrected chi connectivity index (χ2v) is 8.42. The summed E-state index contributed by atoms with van der Waals surface area (Å²) < 4.78 is 9.97. The maximum absolute atomic E-state index is 12.0. The Kier molecular flexibility index (Phi) is 8.89. The van der Waals surface area contributed by atoms with E-state index in [0.717, 1.165) is 57.8 Å². The first-order valence-electron chi connectivity index (χ1n) is 11.5. The van der Waals surface area contributed by atoms with E-state index in [-0.39, 0.29) is 17.9 Å². The van der Waals surface area contributed by atoms with E-state index in [1.807, 2.05) is 31.2 Å². The lowest BCUT2D eigenvalue weighted by Gasteiger charge is -2.47. The van der Waals surface area contributed by atoms with Gasteiger partial charge in [0.05, 0.1) is 31.5 Å². The molecule has 2 fully saturated rings. The standard InChI is InChI=1S/C24H34N4O4/c1-3-32-24(30)18-26-11-10-22(20(17-26)8-9-23(29)31-2)28-14-12-27(13-15-28)21-7-5-4-6-19(21)16-25/h4-7,20,22H,3,8-15,17-18H2,1-2H3. The molecule has 0 radical (unpaired) electrons. The molecule has 0 aliphatic carbocycles. The molecule has 2 aliphatic rings. The van der Waals surface area contributed by atoms with Crippen molar-refractivity contribution in [1.29, 1.82) is 5.26 Å². The predicted octanol–water partition coefficient (Wildman–Crippen LogP) is 1.89. The minimum Gasteiger partial charge on any atom is -0.469 e. The van der Waals surface area contributed by atoms with Crippen molar-refractivity contribution in [2.24, 2.45) is 5.92 Å². The van der Waals surface area contributed by atoms with Crippen LogP contribution < -0.4 is 4.90 Å². The van der Waals surface area contributed by atoms with Crippen molar-refractivity contribution in [2.75, 3.05) is 64.4 Å². The third-order valence-corrected chi connectivity index (χ3v) is 6.53. The number of carbonyl (C=O) groups is 2. The van der Waals surface area contributed by atoms with E-state index in [1.165, 1.54) is 7.11 Å². The molecule has 0 aromatic heterocycles. The number of para-hydroxylation sites is 1. The summed E-state index contributed by atoms with van der Waals surface area (Å²) in [6, 6.07) is 10.4. The van der Waals surface area contributed by atoms with Crippen LogP contribution in [0.2, 0.25) is 0 Å². The fourth-order valence-corrected chi connectivity index (χ4v) is 4.94. The van der Waals surface area contributed by atoms with Crippen LogP contribution in [0.5, 0.6) is 0 Å². The van der Waals surface area contributed by atoms with Crippen molar-refractivity contribution in [3.63, 3.8) is 0 Å². The number of nitrogens with zero attached hydrogens (tertiary/aromatic N) is 4. The van der Waals surface area contributed by atoms with Gasteiger partial charge in [0.15, 0.2) is 0 Å². The Bertz CT molecular complexity index is 816.